The van der Waals surface area contributed by atoms with Crippen molar-refractivity contribution in [1.82, 2.24) is 14.8 Å². The Morgan fingerprint density at radius 2 is 2.31 bits per heavy atom. The minimum atomic E-state index is -0.337. The zero-order chi connectivity index (χ0) is 11.5. The lowest BCUT2D eigenvalue weighted by Crippen LogP contribution is -2.03. The molecule has 0 spiro atoms. The van der Waals surface area contributed by atoms with Gasteiger partial charge in [-0.15, -0.1) is 10.2 Å². The van der Waals surface area contributed by atoms with Gasteiger partial charge >= 0.3 is 0 Å². The SMILES string of the molecule is Cn1cnnc1COc1cc(F)ccc1Br. The first kappa shape index (κ1) is 11.1. The van der Waals surface area contributed by atoms with Crippen LogP contribution in [0.5, 0.6) is 5.75 Å². The molecular formula is C10H9BrFN3O. The summed E-state index contributed by atoms with van der Waals surface area (Å²) in [6, 6.07) is 4.28. The summed E-state index contributed by atoms with van der Waals surface area (Å²) >= 11 is 3.28. The highest BCUT2D eigenvalue weighted by Gasteiger charge is 2.06. The molecular weight excluding hydrogens is 277 g/mol. The summed E-state index contributed by atoms with van der Waals surface area (Å²) in [6.07, 6.45) is 1.58. The van der Waals surface area contributed by atoms with Gasteiger partial charge in [-0.2, -0.15) is 0 Å². The smallest absolute Gasteiger partial charge is 0.170 e. The average molecular weight is 286 g/mol. The first-order valence-corrected chi connectivity index (χ1v) is 5.37. The second-order valence-corrected chi connectivity index (χ2v) is 4.08. The van der Waals surface area contributed by atoms with Crippen molar-refractivity contribution < 1.29 is 9.13 Å². The number of aromatic nitrogens is 3. The minimum absolute atomic E-state index is 0.249. The Labute approximate surface area is 100 Å². The second kappa shape index (κ2) is 4.61. The molecule has 0 aliphatic rings. The largest absolute Gasteiger partial charge is 0.484 e. The van der Waals surface area contributed by atoms with Crippen molar-refractivity contribution in [3.8, 4) is 5.75 Å². The molecule has 84 valence electrons. The number of hydrogen-bond donors (Lipinski definition) is 0. The molecule has 0 radical (unpaired) electrons. The first-order valence-electron chi connectivity index (χ1n) is 4.57. The van der Waals surface area contributed by atoms with E-state index < -0.39 is 0 Å². The third-order valence-electron chi connectivity index (χ3n) is 2.06. The number of rotatable bonds is 3. The summed E-state index contributed by atoms with van der Waals surface area (Å²) in [6.45, 7) is 0.249. The molecule has 0 bridgehead atoms. The van der Waals surface area contributed by atoms with E-state index in [-0.39, 0.29) is 12.4 Å². The van der Waals surface area contributed by atoms with E-state index in [1.54, 1.807) is 17.0 Å². The molecule has 0 atom stereocenters. The van der Waals surface area contributed by atoms with Gasteiger partial charge in [-0.25, -0.2) is 4.39 Å². The lowest BCUT2D eigenvalue weighted by Gasteiger charge is -2.07. The van der Waals surface area contributed by atoms with Crippen molar-refractivity contribution >= 4 is 15.9 Å². The summed E-state index contributed by atoms with van der Waals surface area (Å²) in [7, 11) is 1.82. The van der Waals surface area contributed by atoms with Gasteiger partial charge in [0.1, 0.15) is 24.5 Å². The third-order valence-corrected chi connectivity index (χ3v) is 2.71. The monoisotopic (exact) mass is 285 g/mol. The van der Waals surface area contributed by atoms with Gasteiger partial charge in [0, 0.05) is 13.1 Å². The van der Waals surface area contributed by atoms with Gasteiger partial charge in [0.25, 0.3) is 0 Å². The molecule has 0 saturated heterocycles. The molecule has 6 heteroatoms. The van der Waals surface area contributed by atoms with Crippen LogP contribution < -0.4 is 4.74 Å². The molecule has 1 heterocycles. The maximum absolute atomic E-state index is 13.0. The summed E-state index contributed by atoms with van der Waals surface area (Å²) in [4.78, 5) is 0. The Hall–Kier alpha value is -1.43. The van der Waals surface area contributed by atoms with Crippen molar-refractivity contribution in [2.45, 2.75) is 6.61 Å². The summed E-state index contributed by atoms with van der Waals surface area (Å²) in [5.41, 5.74) is 0. The Kier molecular flexibility index (Phi) is 3.19. The number of aryl methyl sites for hydroxylation is 1. The number of ether oxygens (including phenoxy) is 1. The van der Waals surface area contributed by atoms with Gasteiger partial charge in [0.2, 0.25) is 0 Å². The maximum Gasteiger partial charge on any atom is 0.170 e. The maximum atomic E-state index is 13.0. The lowest BCUT2D eigenvalue weighted by atomic mass is 10.3. The standard InChI is InChI=1S/C10H9BrFN3O/c1-15-6-13-14-10(15)5-16-9-4-7(12)2-3-8(9)11/h2-4,6H,5H2,1H3. The summed E-state index contributed by atoms with van der Waals surface area (Å²) in [5, 5.41) is 7.58. The van der Waals surface area contributed by atoms with Crippen molar-refractivity contribution in [2.24, 2.45) is 7.05 Å². The van der Waals surface area contributed by atoms with Crippen LogP contribution in [0.25, 0.3) is 0 Å². The van der Waals surface area contributed by atoms with Crippen LogP contribution >= 0.6 is 15.9 Å². The minimum Gasteiger partial charge on any atom is -0.484 e. The van der Waals surface area contributed by atoms with Crippen molar-refractivity contribution in [1.29, 1.82) is 0 Å². The molecule has 0 aliphatic carbocycles. The highest BCUT2D eigenvalue weighted by molar-refractivity contribution is 9.10. The van der Waals surface area contributed by atoms with Crippen LogP contribution in [0.1, 0.15) is 5.82 Å². The summed E-state index contributed by atoms with van der Waals surface area (Å²) < 4.78 is 20.8. The molecule has 2 rings (SSSR count). The fourth-order valence-electron chi connectivity index (χ4n) is 1.17. The fourth-order valence-corrected chi connectivity index (χ4v) is 1.53. The Morgan fingerprint density at radius 1 is 1.50 bits per heavy atom. The topological polar surface area (TPSA) is 39.9 Å². The zero-order valence-corrected chi connectivity index (χ0v) is 10.1. The van der Waals surface area contributed by atoms with Gasteiger partial charge in [-0.05, 0) is 28.1 Å². The third kappa shape index (κ3) is 2.38. The normalized spacial score (nSPS) is 10.4. The van der Waals surface area contributed by atoms with Gasteiger partial charge < -0.3 is 9.30 Å². The zero-order valence-electron chi connectivity index (χ0n) is 8.52. The van der Waals surface area contributed by atoms with Crippen LogP contribution in [-0.4, -0.2) is 14.8 Å². The lowest BCUT2D eigenvalue weighted by molar-refractivity contribution is 0.288. The van der Waals surface area contributed by atoms with Gasteiger partial charge in [0.05, 0.1) is 4.47 Å². The predicted octanol–water partition coefficient (Wildman–Crippen LogP) is 2.30. The molecule has 0 aliphatic heterocycles. The van der Waals surface area contributed by atoms with Crippen molar-refractivity contribution in [3.05, 3.63) is 40.6 Å². The molecule has 2 aromatic rings. The van der Waals surface area contributed by atoms with E-state index in [9.17, 15) is 4.39 Å². The van der Waals surface area contributed by atoms with Crippen LogP contribution in [0.4, 0.5) is 4.39 Å². The average Bonchev–Trinajstić information content (AvgIpc) is 2.66. The van der Waals surface area contributed by atoms with E-state index in [1.165, 1.54) is 12.1 Å². The van der Waals surface area contributed by atoms with Gasteiger partial charge in [-0.3, -0.25) is 0 Å². The molecule has 0 unspecified atom stereocenters. The Bertz CT molecular complexity index is 501. The van der Waals surface area contributed by atoms with E-state index in [1.807, 2.05) is 7.05 Å². The number of hydrogen-bond acceptors (Lipinski definition) is 3. The first-order chi connectivity index (χ1) is 7.66. The number of halogens is 2. The molecule has 1 aromatic carbocycles. The number of nitrogens with zero attached hydrogens (tertiary/aromatic N) is 3. The van der Waals surface area contributed by atoms with Crippen molar-refractivity contribution in [3.63, 3.8) is 0 Å². The molecule has 16 heavy (non-hydrogen) atoms. The Balaban J connectivity index is 2.10. The van der Waals surface area contributed by atoms with Crippen LogP contribution in [0.3, 0.4) is 0 Å². The van der Waals surface area contributed by atoms with E-state index in [0.717, 1.165) is 0 Å². The van der Waals surface area contributed by atoms with Crippen LogP contribution in [0.2, 0.25) is 0 Å². The van der Waals surface area contributed by atoms with E-state index in [4.69, 9.17) is 4.74 Å². The molecule has 0 amide bonds. The quantitative estimate of drug-likeness (QED) is 0.869. The van der Waals surface area contributed by atoms with E-state index in [0.29, 0.717) is 16.0 Å². The van der Waals surface area contributed by atoms with Gasteiger partial charge in [0.15, 0.2) is 5.82 Å². The van der Waals surface area contributed by atoms with Crippen LogP contribution in [-0.2, 0) is 13.7 Å². The molecule has 0 fully saturated rings. The fraction of sp³-hybridized carbons (Fsp3) is 0.200. The molecule has 4 nitrogen and oxygen atoms in total. The van der Waals surface area contributed by atoms with Crippen molar-refractivity contribution in [2.75, 3.05) is 0 Å². The summed E-state index contributed by atoms with van der Waals surface area (Å²) in [5.74, 6) is 0.787. The predicted molar refractivity (Wildman–Crippen MR) is 59.4 cm³/mol. The van der Waals surface area contributed by atoms with Crippen LogP contribution in [0, 0.1) is 5.82 Å². The Morgan fingerprint density at radius 3 is 3.00 bits per heavy atom. The second-order valence-electron chi connectivity index (χ2n) is 3.22. The number of benzene rings is 1. The highest BCUT2D eigenvalue weighted by Crippen LogP contribution is 2.25. The molecule has 0 saturated carbocycles. The van der Waals surface area contributed by atoms with Crippen LogP contribution in [0.15, 0.2) is 29.0 Å². The molecule has 1 aromatic heterocycles. The molecule has 0 N–H and O–H groups in total. The highest BCUT2D eigenvalue weighted by atomic mass is 79.9. The van der Waals surface area contributed by atoms with E-state index >= 15 is 0 Å². The van der Waals surface area contributed by atoms with E-state index in [2.05, 4.69) is 26.1 Å². The van der Waals surface area contributed by atoms with Gasteiger partial charge in [-0.1, -0.05) is 0 Å².